The van der Waals surface area contributed by atoms with E-state index in [9.17, 15) is 8.42 Å². The number of likely N-dealkylation sites (N-methyl/N-ethyl adjacent to an activating group) is 1. The van der Waals surface area contributed by atoms with Gasteiger partial charge in [0.2, 0.25) is 0 Å². The van der Waals surface area contributed by atoms with Crippen molar-refractivity contribution in [3.8, 4) is 0 Å². The molecule has 0 saturated carbocycles. The third-order valence-electron chi connectivity index (χ3n) is 3.08. The van der Waals surface area contributed by atoms with Gasteiger partial charge in [0.05, 0.1) is 11.4 Å². The molecule has 2 unspecified atom stereocenters. The second kappa shape index (κ2) is 5.64. The summed E-state index contributed by atoms with van der Waals surface area (Å²) in [6.07, 6.45) is 5.70. The van der Waals surface area contributed by atoms with Gasteiger partial charge in [-0.25, -0.2) is 8.42 Å². The number of aryl methyl sites for hydroxylation is 1. The fourth-order valence-corrected chi connectivity index (χ4v) is 2.57. The monoisotopic (exact) mass is 259 g/mol. The quantitative estimate of drug-likeness (QED) is 0.806. The van der Waals surface area contributed by atoms with Gasteiger partial charge in [-0.1, -0.05) is 0 Å². The van der Waals surface area contributed by atoms with Gasteiger partial charge in [-0.15, -0.1) is 0 Å². The minimum absolute atomic E-state index is 0.0838. The lowest BCUT2D eigenvalue weighted by molar-refractivity contribution is 0.516. The van der Waals surface area contributed by atoms with Crippen LogP contribution in [0.1, 0.15) is 19.4 Å². The number of hydrogen-bond acceptors (Lipinski definition) is 4. The van der Waals surface area contributed by atoms with Crippen LogP contribution in [0.25, 0.3) is 0 Å². The summed E-state index contributed by atoms with van der Waals surface area (Å²) in [5, 5.41) is 6.85. The minimum Gasteiger partial charge on any atom is -0.315 e. The van der Waals surface area contributed by atoms with Gasteiger partial charge in [-0.3, -0.25) is 4.68 Å². The fraction of sp³-hybridized carbons (Fsp3) is 0.727. The summed E-state index contributed by atoms with van der Waals surface area (Å²) in [6, 6.07) is -0.0838. The summed E-state index contributed by atoms with van der Waals surface area (Å²) < 4.78 is 24.9. The SMILES string of the molecule is CCn1cc(CC(NC)C(C)S(C)(=O)=O)cn1. The van der Waals surface area contributed by atoms with Gasteiger partial charge < -0.3 is 5.32 Å². The van der Waals surface area contributed by atoms with Crippen LogP contribution in [0.5, 0.6) is 0 Å². The molecule has 0 spiro atoms. The Balaban J connectivity index is 2.76. The molecule has 0 saturated heterocycles. The van der Waals surface area contributed by atoms with Crippen LogP contribution in [0.15, 0.2) is 12.4 Å². The Hall–Kier alpha value is -0.880. The zero-order valence-corrected chi connectivity index (χ0v) is 11.7. The second-order valence-corrected chi connectivity index (χ2v) is 6.74. The first-order chi connectivity index (χ1) is 7.88. The first-order valence-electron chi connectivity index (χ1n) is 5.76. The van der Waals surface area contributed by atoms with E-state index in [4.69, 9.17) is 0 Å². The zero-order chi connectivity index (χ0) is 13.1. The number of hydrogen-bond donors (Lipinski definition) is 1. The summed E-state index contributed by atoms with van der Waals surface area (Å²) >= 11 is 0. The molecule has 0 aliphatic heterocycles. The Bertz CT molecular complexity index is 453. The normalized spacial score (nSPS) is 15.8. The highest BCUT2D eigenvalue weighted by Gasteiger charge is 2.25. The summed E-state index contributed by atoms with van der Waals surface area (Å²) in [5.74, 6) is 0. The molecule has 5 nitrogen and oxygen atoms in total. The van der Waals surface area contributed by atoms with E-state index in [0.29, 0.717) is 6.42 Å². The van der Waals surface area contributed by atoms with Crippen molar-refractivity contribution in [2.45, 2.75) is 38.1 Å². The van der Waals surface area contributed by atoms with Crippen LogP contribution in [-0.2, 0) is 22.8 Å². The number of nitrogens with one attached hydrogen (secondary N) is 1. The van der Waals surface area contributed by atoms with Crippen molar-refractivity contribution in [1.82, 2.24) is 15.1 Å². The van der Waals surface area contributed by atoms with Crippen LogP contribution in [-0.4, -0.2) is 42.8 Å². The maximum Gasteiger partial charge on any atom is 0.151 e. The largest absolute Gasteiger partial charge is 0.315 e. The van der Waals surface area contributed by atoms with Crippen LogP contribution in [0.2, 0.25) is 0 Å². The van der Waals surface area contributed by atoms with E-state index in [0.717, 1.165) is 12.1 Å². The number of rotatable bonds is 6. The van der Waals surface area contributed by atoms with E-state index in [1.54, 1.807) is 20.2 Å². The van der Waals surface area contributed by atoms with E-state index >= 15 is 0 Å². The van der Waals surface area contributed by atoms with E-state index in [1.165, 1.54) is 6.26 Å². The molecule has 6 heteroatoms. The predicted molar refractivity (Wildman–Crippen MR) is 68.8 cm³/mol. The molecule has 98 valence electrons. The Labute approximate surface area is 103 Å². The second-order valence-electron chi connectivity index (χ2n) is 4.34. The summed E-state index contributed by atoms with van der Waals surface area (Å²) in [5.41, 5.74) is 1.06. The predicted octanol–water partition coefficient (Wildman–Crippen LogP) is 0.467. The topological polar surface area (TPSA) is 64.0 Å². The maximum atomic E-state index is 11.5. The minimum atomic E-state index is -3.02. The smallest absolute Gasteiger partial charge is 0.151 e. The average molecular weight is 259 g/mol. The van der Waals surface area contributed by atoms with Crippen LogP contribution in [0, 0.1) is 0 Å². The van der Waals surface area contributed by atoms with E-state index in [1.807, 2.05) is 17.8 Å². The number of aromatic nitrogens is 2. The zero-order valence-electron chi connectivity index (χ0n) is 10.8. The molecule has 2 atom stereocenters. The Morgan fingerprint density at radius 3 is 2.59 bits per heavy atom. The lowest BCUT2D eigenvalue weighted by Gasteiger charge is -2.21. The Kier molecular flexibility index (Phi) is 4.70. The third-order valence-corrected chi connectivity index (χ3v) is 4.76. The van der Waals surface area contributed by atoms with Gasteiger partial charge in [0.25, 0.3) is 0 Å². The number of sulfone groups is 1. The molecular formula is C11H21N3O2S. The molecule has 1 heterocycles. The molecule has 0 aromatic carbocycles. The van der Waals surface area contributed by atoms with E-state index in [2.05, 4.69) is 10.4 Å². The van der Waals surface area contributed by atoms with Crippen molar-refractivity contribution in [1.29, 1.82) is 0 Å². The summed E-state index contributed by atoms with van der Waals surface area (Å²) in [6.45, 7) is 4.58. The Morgan fingerprint density at radius 2 is 2.18 bits per heavy atom. The molecule has 0 amide bonds. The highest BCUT2D eigenvalue weighted by atomic mass is 32.2. The molecule has 1 aromatic rings. The van der Waals surface area contributed by atoms with Crippen molar-refractivity contribution in [2.75, 3.05) is 13.3 Å². The fourth-order valence-electron chi connectivity index (χ4n) is 1.74. The molecule has 0 aliphatic carbocycles. The standard InChI is InChI=1S/C11H21N3O2S/c1-5-14-8-10(7-13-14)6-11(12-3)9(2)17(4,15)16/h7-9,11-12H,5-6H2,1-4H3. The molecule has 0 aliphatic rings. The van der Waals surface area contributed by atoms with Crippen molar-refractivity contribution in [2.24, 2.45) is 0 Å². The van der Waals surface area contributed by atoms with Gasteiger partial charge in [-0.2, -0.15) is 5.10 Å². The summed E-state index contributed by atoms with van der Waals surface area (Å²) in [4.78, 5) is 0. The molecule has 1 aromatic heterocycles. The third kappa shape index (κ3) is 3.81. The van der Waals surface area contributed by atoms with Crippen LogP contribution < -0.4 is 5.32 Å². The van der Waals surface area contributed by atoms with Crippen molar-refractivity contribution >= 4 is 9.84 Å². The molecule has 0 fully saturated rings. The molecular weight excluding hydrogens is 238 g/mol. The number of nitrogens with zero attached hydrogens (tertiary/aromatic N) is 2. The highest BCUT2D eigenvalue weighted by molar-refractivity contribution is 7.91. The van der Waals surface area contributed by atoms with Crippen molar-refractivity contribution < 1.29 is 8.42 Å². The Morgan fingerprint density at radius 1 is 1.53 bits per heavy atom. The molecule has 0 radical (unpaired) electrons. The van der Waals surface area contributed by atoms with Gasteiger partial charge in [0.15, 0.2) is 9.84 Å². The highest BCUT2D eigenvalue weighted by Crippen LogP contribution is 2.10. The molecule has 0 bridgehead atoms. The van der Waals surface area contributed by atoms with Gasteiger partial charge in [0.1, 0.15) is 0 Å². The summed E-state index contributed by atoms with van der Waals surface area (Å²) in [7, 11) is -1.23. The molecule has 1 N–H and O–H groups in total. The molecule has 17 heavy (non-hydrogen) atoms. The van der Waals surface area contributed by atoms with Crippen LogP contribution in [0.4, 0.5) is 0 Å². The maximum absolute atomic E-state index is 11.5. The first-order valence-corrected chi connectivity index (χ1v) is 7.71. The van der Waals surface area contributed by atoms with E-state index < -0.39 is 15.1 Å². The lowest BCUT2D eigenvalue weighted by Crippen LogP contribution is -2.41. The van der Waals surface area contributed by atoms with Gasteiger partial charge in [0, 0.05) is 25.0 Å². The lowest BCUT2D eigenvalue weighted by atomic mass is 10.1. The van der Waals surface area contributed by atoms with Crippen molar-refractivity contribution in [3.63, 3.8) is 0 Å². The van der Waals surface area contributed by atoms with Crippen LogP contribution in [0.3, 0.4) is 0 Å². The van der Waals surface area contributed by atoms with Crippen LogP contribution >= 0.6 is 0 Å². The van der Waals surface area contributed by atoms with E-state index in [-0.39, 0.29) is 6.04 Å². The van der Waals surface area contributed by atoms with Gasteiger partial charge in [-0.05, 0) is 32.9 Å². The average Bonchev–Trinajstić information content (AvgIpc) is 2.71. The molecule has 1 rings (SSSR count). The van der Waals surface area contributed by atoms with Gasteiger partial charge >= 0.3 is 0 Å². The first kappa shape index (κ1) is 14.2. The van der Waals surface area contributed by atoms with Crippen molar-refractivity contribution in [3.05, 3.63) is 18.0 Å².